The van der Waals surface area contributed by atoms with Crippen LogP contribution in [0, 0.1) is 0 Å². The van der Waals surface area contributed by atoms with Gasteiger partial charge in [-0.1, -0.05) is 18.5 Å². The molecule has 0 bridgehead atoms. The molecular weight excluding hydrogens is 322 g/mol. The monoisotopic (exact) mass is 339 g/mol. The fourth-order valence-electron chi connectivity index (χ4n) is 2.13. The summed E-state index contributed by atoms with van der Waals surface area (Å²) >= 11 is 6.17. The van der Waals surface area contributed by atoms with Gasteiger partial charge in [-0.2, -0.15) is 0 Å². The maximum Gasteiger partial charge on any atom is 0.336 e. The van der Waals surface area contributed by atoms with Crippen molar-refractivity contribution in [2.24, 2.45) is 0 Å². The predicted octanol–water partition coefficient (Wildman–Crippen LogP) is 1.89. The summed E-state index contributed by atoms with van der Waals surface area (Å²) in [7, 11) is 0. The minimum absolute atomic E-state index is 0.0104. The normalized spacial score (nSPS) is 10.7. The highest BCUT2D eigenvalue weighted by atomic mass is 35.5. The third-order valence-electron chi connectivity index (χ3n) is 3.28. The first-order valence-electron chi connectivity index (χ1n) is 7.31. The Labute approximate surface area is 138 Å². The smallest absolute Gasteiger partial charge is 0.336 e. The lowest BCUT2D eigenvalue weighted by molar-refractivity contribution is -0.123. The van der Waals surface area contributed by atoms with E-state index in [1.54, 1.807) is 6.07 Å². The van der Waals surface area contributed by atoms with Crippen molar-refractivity contribution in [3.8, 4) is 5.75 Å². The molecule has 1 aromatic carbocycles. The second-order valence-corrected chi connectivity index (χ2v) is 5.35. The van der Waals surface area contributed by atoms with Crippen molar-refractivity contribution < 1.29 is 19.1 Å². The fourth-order valence-corrected chi connectivity index (χ4v) is 2.35. The molecule has 0 saturated heterocycles. The molecule has 1 aromatic heterocycles. The summed E-state index contributed by atoms with van der Waals surface area (Å²) in [5.41, 5.74) is 0.769. The minimum Gasteiger partial charge on any atom is -0.482 e. The van der Waals surface area contributed by atoms with Crippen LogP contribution < -0.4 is 15.7 Å². The van der Waals surface area contributed by atoms with Crippen molar-refractivity contribution in [1.29, 1.82) is 0 Å². The largest absolute Gasteiger partial charge is 0.482 e. The number of carbonyl (C=O) groups is 1. The summed E-state index contributed by atoms with van der Waals surface area (Å²) in [6.45, 7) is 2.10. The number of halogens is 1. The van der Waals surface area contributed by atoms with E-state index >= 15 is 0 Å². The van der Waals surface area contributed by atoms with E-state index in [4.69, 9.17) is 25.9 Å². The minimum atomic E-state index is -0.440. The van der Waals surface area contributed by atoms with Gasteiger partial charge in [0.2, 0.25) is 0 Å². The fraction of sp³-hybridized carbons (Fsp3) is 0.375. The number of rotatable bonds is 7. The van der Waals surface area contributed by atoms with Crippen LogP contribution in [-0.2, 0) is 11.2 Å². The SMILES string of the molecule is CCc1cc(=O)oc2cc(OCC(=O)NCCCO)c(Cl)cc12. The van der Waals surface area contributed by atoms with E-state index in [0.717, 1.165) is 10.9 Å². The van der Waals surface area contributed by atoms with E-state index in [1.807, 2.05) is 6.92 Å². The van der Waals surface area contributed by atoms with Crippen molar-refractivity contribution in [3.63, 3.8) is 0 Å². The summed E-state index contributed by atoms with van der Waals surface area (Å²) in [5.74, 6) is -0.0498. The Kier molecular flexibility index (Phi) is 6.01. The predicted molar refractivity (Wildman–Crippen MR) is 87.1 cm³/mol. The van der Waals surface area contributed by atoms with Crippen LogP contribution in [0.3, 0.4) is 0 Å². The number of aliphatic hydroxyl groups excluding tert-OH is 1. The molecule has 1 amide bonds. The Morgan fingerprint density at radius 3 is 2.87 bits per heavy atom. The molecule has 23 heavy (non-hydrogen) atoms. The van der Waals surface area contributed by atoms with E-state index in [1.165, 1.54) is 12.1 Å². The number of amides is 1. The zero-order valence-electron chi connectivity index (χ0n) is 12.7. The molecule has 1 heterocycles. The molecule has 0 radical (unpaired) electrons. The highest BCUT2D eigenvalue weighted by molar-refractivity contribution is 6.32. The number of aryl methyl sites for hydroxylation is 1. The van der Waals surface area contributed by atoms with E-state index in [0.29, 0.717) is 30.0 Å². The standard InChI is InChI=1S/C16H18ClNO5/c1-2-10-6-16(21)23-13-8-14(12(17)7-11(10)13)22-9-15(20)18-4-3-5-19/h6-8,19H,2-5,9H2,1H3,(H,18,20). The molecule has 0 atom stereocenters. The number of nitrogens with one attached hydrogen (secondary N) is 1. The Morgan fingerprint density at radius 1 is 1.39 bits per heavy atom. The second-order valence-electron chi connectivity index (χ2n) is 4.94. The quantitative estimate of drug-likeness (QED) is 0.594. The average Bonchev–Trinajstić information content (AvgIpc) is 2.53. The lowest BCUT2D eigenvalue weighted by Crippen LogP contribution is -2.30. The van der Waals surface area contributed by atoms with Crippen LogP contribution in [0.2, 0.25) is 5.02 Å². The van der Waals surface area contributed by atoms with Gasteiger partial charge in [0, 0.05) is 30.7 Å². The lowest BCUT2D eigenvalue weighted by Gasteiger charge is -2.10. The van der Waals surface area contributed by atoms with Crippen LogP contribution in [0.25, 0.3) is 11.0 Å². The maximum atomic E-state index is 11.6. The Hall–Kier alpha value is -2.05. The first-order chi connectivity index (χ1) is 11.0. The van der Waals surface area contributed by atoms with E-state index in [9.17, 15) is 9.59 Å². The molecule has 6 nitrogen and oxygen atoms in total. The molecule has 0 aliphatic rings. The second kappa shape index (κ2) is 7.99. The average molecular weight is 340 g/mol. The van der Waals surface area contributed by atoms with Gasteiger partial charge >= 0.3 is 5.63 Å². The molecule has 7 heteroatoms. The molecule has 0 saturated carbocycles. The van der Waals surface area contributed by atoms with Crippen LogP contribution in [0.5, 0.6) is 5.75 Å². The number of ether oxygens (including phenoxy) is 1. The molecule has 0 aliphatic heterocycles. The van der Waals surface area contributed by atoms with Crippen LogP contribution in [0.4, 0.5) is 0 Å². The van der Waals surface area contributed by atoms with E-state index < -0.39 is 5.63 Å². The summed E-state index contributed by atoms with van der Waals surface area (Å²) < 4.78 is 10.5. The van der Waals surface area contributed by atoms with Crippen molar-refractivity contribution in [2.45, 2.75) is 19.8 Å². The number of benzene rings is 1. The third-order valence-corrected chi connectivity index (χ3v) is 3.57. The number of fused-ring (bicyclic) bond motifs is 1. The van der Waals surface area contributed by atoms with Crippen molar-refractivity contribution in [2.75, 3.05) is 19.8 Å². The van der Waals surface area contributed by atoms with Crippen molar-refractivity contribution >= 4 is 28.5 Å². The summed E-state index contributed by atoms with van der Waals surface area (Å²) in [6.07, 6.45) is 1.15. The lowest BCUT2D eigenvalue weighted by atomic mass is 10.1. The molecule has 2 aromatic rings. The van der Waals surface area contributed by atoms with Crippen LogP contribution >= 0.6 is 11.6 Å². The summed E-state index contributed by atoms with van der Waals surface area (Å²) in [5, 5.41) is 12.3. The first-order valence-corrected chi connectivity index (χ1v) is 7.69. The molecule has 0 spiro atoms. The van der Waals surface area contributed by atoms with Gasteiger partial charge in [-0.25, -0.2) is 4.79 Å². The molecule has 0 fully saturated rings. The highest BCUT2D eigenvalue weighted by Crippen LogP contribution is 2.31. The third kappa shape index (κ3) is 4.46. The Morgan fingerprint density at radius 2 is 2.17 bits per heavy atom. The number of carbonyl (C=O) groups excluding carboxylic acids is 1. The number of hydrogen-bond donors (Lipinski definition) is 2. The molecule has 2 rings (SSSR count). The van der Waals surface area contributed by atoms with Crippen LogP contribution in [0.15, 0.2) is 27.4 Å². The van der Waals surface area contributed by atoms with Gasteiger partial charge in [-0.05, 0) is 24.5 Å². The molecule has 0 aliphatic carbocycles. The zero-order chi connectivity index (χ0) is 16.8. The van der Waals surface area contributed by atoms with Gasteiger partial charge in [0.1, 0.15) is 11.3 Å². The maximum absolute atomic E-state index is 11.6. The Balaban J connectivity index is 2.17. The van der Waals surface area contributed by atoms with Gasteiger partial charge in [0.25, 0.3) is 5.91 Å². The van der Waals surface area contributed by atoms with Gasteiger partial charge in [0.15, 0.2) is 6.61 Å². The zero-order valence-corrected chi connectivity index (χ0v) is 13.5. The van der Waals surface area contributed by atoms with Crippen LogP contribution in [0.1, 0.15) is 18.9 Å². The first kappa shape index (κ1) is 17.3. The molecule has 0 unspecified atom stereocenters. The van der Waals surface area contributed by atoms with Crippen molar-refractivity contribution in [1.82, 2.24) is 5.32 Å². The van der Waals surface area contributed by atoms with Gasteiger partial charge in [-0.15, -0.1) is 0 Å². The van der Waals surface area contributed by atoms with E-state index in [-0.39, 0.29) is 24.9 Å². The highest BCUT2D eigenvalue weighted by Gasteiger charge is 2.11. The van der Waals surface area contributed by atoms with Gasteiger partial charge in [-0.3, -0.25) is 4.79 Å². The molecular formula is C16H18ClNO5. The van der Waals surface area contributed by atoms with Gasteiger partial charge in [0.05, 0.1) is 5.02 Å². The van der Waals surface area contributed by atoms with Gasteiger partial charge < -0.3 is 19.6 Å². The van der Waals surface area contributed by atoms with Crippen molar-refractivity contribution in [3.05, 3.63) is 39.2 Å². The number of hydrogen-bond acceptors (Lipinski definition) is 5. The number of aliphatic hydroxyl groups is 1. The molecule has 2 N–H and O–H groups in total. The Bertz CT molecular complexity index is 756. The summed E-state index contributed by atoms with van der Waals surface area (Å²) in [6, 6.07) is 4.62. The summed E-state index contributed by atoms with van der Waals surface area (Å²) in [4.78, 5) is 23.1. The topological polar surface area (TPSA) is 88.8 Å². The van der Waals surface area contributed by atoms with Crippen LogP contribution in [-0.4, -0.2) is 30.8 Å². The molecule has 124 valence electrons. The van der Waals surface area contributed by atoms with E-state index in [2.05, 4.69) is 5.32 Å².